The molecule has 1 amide bonds. The molecule has 12 heteroatoms. The first-order valence-electron chi connectivity index (χ1n) is 12.8. The Labute approximate surface area is 226 Å². The average molecular weight is 545 g/mol. The first-order valence-corrected chi connectivity index (χ1v) is 12.8. The van der Waals surface area contributed by atoms with E-state index in [4.69, 9.17) is 5.73 Å². The van der Waals surface area contributed by atoms with Gasteiger partial charge in [0.25, 0.3) is 5.91 Å². The van der Waals surface area contributed by atoms with E-state index in [9.17, 15) is 39.9 Å². The number of nitrogens with one attached hydrogen (secondary N) is 1. The fraction of sp³-hybridized carbons (Fsp3) is 0.519. The SMILES string of the molecule is CCC(O)CNc1cc(N(C)C)c2c(c1O)C(=O)C1=C(O)C3(O)C(=O)C(C(N)=O)=C(O)C(N(C)C)C3CC1C2. The van der Waals surface area contributed by atoms with Gasteiger partial charge in [-0.15, -0.1) is 0 Å². The summed E-state index contributed by atoms with van der Waals surface area (Å²) >= 11 is 0. The van der Waals surface area contributed by atoms with Gasteiger partial charge in [0.05, 0.1) is 23.4 Å². The van der Waals surface area contributed by atoms with E-state index in [2.05, 4.69) is 5.32 Å². The standard InChI is InChI=1S/C27H36N4O8/c1-6-12(32)10-29-15-9-16(30(2)3)13-7-11-8-14-20(31(4)5)23(35)19(26(28)38)25(37)27(14,39)24(36)17(11)22(34)18(13)21(15)33/h9,11-12,14,20,29,32-33,35-36,39H,6-8,10H2,1-5H3,(H2,28,38). The molecule has 3 aliphatic rings. The molecule has 0 aromatic heterocycles. The molecular formula is C27H36N4O8. The predicted octanol–water partition coefficient (Wildman–Crippen LogP) is 0.369. The first-order chi connectivity index (χ1) is 18.2. The van der Waals surface area contributed by atoms with E-state index < -0.39 is 64.1 Å². The number of rotatable bonds is 7. The quantitative estimate of drug-likeness (QED) is 0.185. The lowest BCUT2D eigenvalue weighted by molar-refractivity contribution is -0.148. The molecule has 1 aromatic rings. The Bertz CT molecular complexity index is 1320. The Kier molecular flexibility index (Phi) is 7.17. The molecule has 212 valence electrons. The van der Waals surface area contributed by atoms with E-state index in [1.165, 1.54) is 4.90 Å². The molecule has 4 rings (SSSR count). The number of aliphatic hydroxyl groups is 4. The Morgan fingerprint density at radius 3 is 2.38 bits per heavy atom. The number of amides is 1. The van der Waals surface area contributed by atoms with Gasteiger partial charge in [-0.05, 0) is 50.9 Å². The number of allylic oxidation sites excluding steroid dienone is 1. The molecule has 0 saturated carbocycles. The largest absolute Gasteiger partial charge is 0.510 e. The summed E-state index contributed by atoms with van der Waals surface area (Å²) in [5.74, 6) is -6.95. The van der Waals surface area contributed by atoms with Crippen molar-refractivity contribution in [2.75, 3.05) is 45.0 Å². The Morgan fingerprint density at radius 2 is 1.85 bits per heavy atom. The van der Waals surface area contributed by atoms with Gasteiger partial charge >= 0.3 is 0 Å². The minimum Gasteiger partial charge on any atom is -0.510 e. The van der Waals surface area contributed by atoms with Gasteiger partial charge in [0.2, 0.25) is 5.78 Å². The molecule has 0 radical (unpaired) electrons. The van der Waals surface area contributed by atoms with Crippen molar-refractivity contribution in [3.05, 3.63) is 39.9 Å². The van der Waals surface area contributed by atoms with Crippen LogP contribution in [0.25, 0.3) is 0 Å². The number of aromatic hydroxyl groups is 1. The number of fused-ring (bicyclic) bond motifs is 3. The summed E-state index contributed by atoms with van der Waals surface area (Å²) in [5, 5.41) is 58.1. The number of nitrogens with zero attached hydrogens (tertiary/aromatic N) is 2. The summed E-state index contributed by atoms with van der Waals surface area (Å²) in [6.45, 7) is 1.92. The maximum atomic E-state index is 14.0. The van der Waals surface area contributed by atoms with Crippen molar-refractivity contribution < 1.29 is 39.9 Å². The number of phenolic OH excluding ortho intramolecular Hbond substituents is 1. The molecule has 3 aliphatic carbocycles. The van der Waals surface area contributed by atoms with Crippen LogP contribution in [0.3, 0.4) is 0 Å². The number of carbonyl (C=O) groups is 3. The maximum absolute atomic E-state index is 14.0. The summed E-state index contributed by atoms with van der Waals surface area (Å²) in [4.78, 5) is 42.8. The molecule has 12 nitrogen and oxygen atoms in total. The number of benzene rings is 1. The lowest BCUT2D eigenvalue weighted by Crippen LogP contribution is -2.63. The van der Waals surface area contributed by atoms with Gasteiger partial charge < -0.3 is 41.5 Å². The van der Waals surface area contributed by atoms with Crippen LogP contribution in [0.5, 0.6) is 5.75 Å². The normalized spacial score (nSPS) is 27.2. The maximum Gasteiger partial charge on any atom is 0.255 e. The van der Waals surface area contributed by atoms with E-state index in [-0.39, 0.29) is 42.0 Å². The number of ketones is 2. The molecular weight excluding hydrogens is 508 g/mol. The van der Waals surface area contributed by atoms with Crippen molar-refractivity contribution in [2.45, 2.75) is 43.9 Å². The topological polar surface area (TPSA) is 197 Å². The molecule has 5 unspecified atom stereocenters. The third-order valence-electron chi connectivity index (χ3n) is 8.18. The minimum absolute atomic E-state index is 0.0160. The van der Waals surface area contributed by atoms with Crippen molar-refractivity contribution in [3.63, 3.8) is 0 Å². The van der Waals surface area contributed by atoms with Crippen LogP contribution in [-0.4, -0.2) is 100 Å². The summed E-state index contributed by atoms with van der Waals surface area (Å²) in [5.41, 5.74) is 2.88. The predicted molar refractivity (Wildman–Crippen MR) is 143 cm³/mol. The highest BCUT2D eigenvalue weighted by atomic mass is 16.3. The van der Waals surface area contributed by atoms with Crippen molar-refractivity contribution in [1.82, 2.24) is 4.90 Å². The number of likely N-dealkylation sites (N-methyl/N-ethyl adjacent to an activating group) is 1. The number of hydrogen-bond donors (Lipinski definition) is 7. The molecule has 8 N–H and O–H groups in total. The Morgan fingerprint density at radius 1 is 1.21 bits per heavy atom. The van der Waals surface area contributed by atoms with Crippen LogP contribution in [0.2, 0.25) is 0 Å². The summed E-state index contributed by atoms with van der Waals surface area (Å²) in [6.07, 6.45) is -0.0136. The smallest absolute Gasteiger partial charge is 0.255 e. The average Bonchev–Trinajstić information content (AvgIpc) is 2.84. The van der Waals surface area contributed by atoms with Gasteiger partial charge in [0, 0.05) is 37.8 Å². The lowest BCUT2D eigenvalue weighted by Gasteiger charge is -2.50. The van der Waals surface area contributed by atoms with E-state index in [1.54, 1.807) is 46.1 Å². The number of anilines is 2. The van der Waals surface area contributed by atoms with E-state index in [0.717, 1.165) is 0 Å². The number of phenols is 1. The van der Waals surface area contributed by atoms with E-state index in [1.807, 2.05) is 0 Å². The molecule has 39 heavy (non-hydrogen) atoms. The zero-order valence-electron chi connectivity index (χ0n) is 22.6. The molecule has 0 aliphatic heterocycles. The second-order valence-corrected chi connectivity index (χ2v) is 10.9. The monoisotopic (exact) mass is 544 g/mol. The first kappa shape index (κ1) is 28.4. The molecule has 0 bridgehead atoms. The van der Waals surface area contributed by atoms with Crippen molar-refractivity contribution in [3.8, 4) is 5.75 Å². The van der Waals surface area contributed by atoms with E-state index in [0.29, 0.717) is 17.7 Å². The van der Waals surface area contributed by atoms with Crippen LogP contribution in [0.1, 0.15) is 35.7 Å². The molecule has 0 saturated heterocycles. The number of nitrogens with two attached hydrogens (primary N) is 1. The molecule has 0 spiro atoms. The summed E-state index contributed by atoms with van der Waals surface area (Å²) in [6, 6.07) is 0.631. The molecule has 0 heterocycles. The van der Waals surface area contributed by atoms with Crippen LogP contribution in [0.15, 0.2) is 28.7 Å². The molecule has 0 fully saturated rings. The third-order valence-corrected chi connectivity index (χ3v) is 8.18. The third kappa shape index (κ3) is 4.14. The van der Waals surface area contributed by atoms with Crippen LogP contribution in [0, 0.1) is 11.8 Å². The molecule has 5 atom stereocenters. The highest BCUT2D eigenvalue weighted by Crippen LogP contribution is 2.53. The summed E-state index contributed by atoms with van der Waals surface area (Å²) < 4.78 is 0. The zero-order valence-corrected chi connectivity index (χ0v) is 22.6. The van der Waals surface area contributed by atoms with Crippen molar-refractivity contribution >= 4 is 28.8 Å². The zero-order chi connectivity index (χ0) is 29.1. The fourth-order valence-corrected chi connectivity index (χ4v) is 6.20. The van der Waals surface area contributed by atoms with Gasteiger partial charge in [-0.1, -0.05) is 6.92 Å². The number of primary amides is 1. The number of hydrogen-bond acceptors (Lipinski definition) is 11. The Balaban J connectivity index is 1.93. The Hall–Kier alpha value is -3.61. The van der Waals surface area contributed by atoms with E-state index >= 15 is 0 Å². The van der Waals surface area contributed by atoms with Crippen LogP contribution in [0.4, 0.5) is 11.4 Å². The van der Waals surface area contributed by atoms with Crippen LogP contribution >= 0.6 is 0 Å². The second kappa shape index (κ2) is 9.85. The number of Topliss-reactive ketones (excluding diaryl/α,β-unsaturated/α-hetero) is 2. The van der Waals surface area contributed by atoms with Crippen molar-refractivity contribution in [2.24, 2.45) is 17.6 Å². The van der Waals surface area contributed by atoms with Crippen LogP contribution < -0.4 is 16.0 Å². The van der Waals surface area contributed by atoms with Gasteiger partial charge in [0.1, 0.15) is 22.8 Å². The highest BCUT2D eigenvalue weighted by Gasteiger charge is 2.63. The van der Waals surface area contributed by atoms with Gasteiger partial charge in [-0.3, -0.25) is 19.3 Å². The van der Waals surface area contributed by atoms with Gasteiger partial charge in [0.15, 0.2) is 11.4 Å². The van der Waals surface area contributed by atoms with Crippen LogP contribution in [-0.2, 0) is 16.0 Å². The van der Waals surface area contributed by atoms with Crippen molar-refractivity contribution in [1.29, 1.82) is 0 Å². The van der Waals surface area contributed by atoms with Gasteiger partial charge in [-0.25, -0.2) is 0 Å². The lowest BCUT2D eigenvalue weighted by atomic mass is 9.58. The molecule has 1 aromatic carbocycles. The fourth-order valence-electron chi connectivity index (χ4n) is 6.20. The minimum atomic E-state index is -2.69. The number of aliphatic hydroxyl groups excluding tert-OH is 3. The summed E-state index contributed by atoms with van der Waals surface area (Å²) in [7, 11) is 6.72. The van der Waals surface area contributed by atoms with Gasteiger partial charge in [-0.2, -0.15) is 0 Å². The second-order valence-electron chi connectivity index (χ2n) is 10.9. The highest BCUT2D eigenvalue weighted by molar-refractivity contribution is 6.25. The number of carbonyl (C=O) groups excluding carboxylic acids is 3.